The Balaban J connectivity index is 1.43. The number of thioether (sulfide) groups is 1. The van der Waals surface area contributed by atoms with Crippen LogP contribution in [-0.2, 0) is 11.4 Å². The second kappa shape index (κ2) is 10.8. The zero-order chi connectivity index (χ0) is 26.8. The molecule has 0 fully saturated rings. The van der Waals surface area contributed by atoms with Gasteiger partial charge in [-0.15, -0.1) is 0 Å². The summed E-state index contributed by atoms with van der Waals surface area (Å²) in [5.41, 5.74) is 2.94. The fourth-order valence-electron chi connectivity index (χ4n) is 3.81. The van der Waals surface area contributed by atoms with E-state index < -0.39 is 5.91 Å². The van der Waals surface area contributed by atoms with Crippen molar-refractivity contribution in [3.05, 3.63) is 99.3 Å². The number of nitrogens with one attached hydrogen (secondary N) is 1. The van der Waals surface area contributed by atoms with Crippen molar-refractivity contribution in [1.82, 2.24) is 5.01 Å². The maximum Gasteiger partial charge on any atom is 0.283 e. The van der Waals surface area contributed by atoms with Gasteiger partial charge in [-0.25, -0.2) is 4.39 Å². The molecule has 3 aromatic carbocycles. The molecule has 0 atom stereocenters. The third kappa shape index (κ3) is 5.20. The van der Waals surface area contributed by atoms with Crippen LogP contribution < -0.4 is 9.47 Å². The molecule has 0 aliphatic carbocycles. The molecular formula is C28H22ClFN4O3S. The molecule has 0 spiro atoms. The van der Waals surface area contributed by atoms with Gasteiger partial charge in [-0.2, -0.15) is 15.1 Å². The number of carbonyl (C=O) groups excluding carboxylic acids is 1. The smallest absolute Gasteiger partial charge is 0.283 e. The molecule has 192 valence electrons. The van der Waals surface area contributed by atoms with Crippen LogP contribution in [0.15, 0.2) is 76.3 Å². The molecule has 1 amide bonds. The van der Waals surface area contributed by atoms with Gasteiger partial charge in [0.15, 0.2) is 17.3 Å². The first-order valence-corrected chi connectivity index (χ1v) is 12.9. The topological polar surface area (TPSA) is 87.3 Å². The van der Waals surface area contributed by atoms with Gasteiger partial charge in [-0.1, -0.05) is 59.6 Å². The van der Waals surface area contributed by atoms with Crippen LogP contribution in [0.2, 0.25) is 5.02 Å². The summed E-state index contributed by atoms with van der Waals surface area (Å²) < 4.78 is 25.6. The number of carbonyl (C=O) groups is 1. The number of hydrazone groups is 1. The zero-order valence-electron chi connectivity index (χ0n) is 20.5. The molecule has 0 bridgehead atoms. The van der Waals surface area contributed by atoms with Crippen molar-refractivity contribution in [2.45, 2.75) is 20.5 Å². The van der Waals surface area contributed by atoms with Gasteiger partial charge in [0.1, 0.15) is 17.5 Å². The maximum atomic E-state index is 14.0. The summed E-state index contributed by atoms with van der Waals surface area (Å²) in [7, 11) is 0. The van der Waals surface area contributed by atoms with Gasteiger partial charge in [0.25, 0.3) is 5.91 Å². The number of aliphatic imine (C=N–C) groups is 1. The third-order valence-corrected chi connectivity index (χ3v) is 6.96. The molecule has 7 nitrogen and oxygen atoms in total. The van der Waals surface area contributed by atoms with E-state index in [1.165, 1.54) is 28.9 Å². The van der Waals surface area contributed by atoms with E-state index in [1.807, 2.05) is 38.1 Å². The van der Waals surface area contributed by atoms with Crippen molar-refractivity contribution in [1.29, 1.82) is 5.41 Å². The molecule has 2 heterocycles. The van der Waals surface area contributed by atoms with Crippen molar-refractivity contribution in [2.24, 2.45) is 10.1 Å². The lowest BCUT2D eigenvalue weighted by molar-refractivity contribution is -0.114. The second-order valence-electron chi connectivity index (χ2n) is 8.43. The van der Waals surface area contributed by atoms with Gasteiger partial charge in [-0.05, 0) is 55.4 Å². The van der Waals surface area contributed by atoms with E-state index in [1.54, 1.807) is 30.3 Å². The zero-order valence-corrected chi connectivity index (χ0v) is 22.1. The number of hydrogen-bond acceptors (Lipinski definition) is 6. The normalized spacial score (nSPS) is 15.9. The molecule has 0 radical (unpaired) electrons. The first-order chi connectivity index (χ1) is 18.3. The third-order valence-electron chi connectivity index (χ3n) is 5.73. The van der Waals surface area contributed by atoms with Crippen LogP contribution in [0.1, 0.15) is 29.2 Å². The summed E-state index contributed by atoms with van der Waals surface area (Å²) in [6.07, 6.45) is 1.52. The van der Waals surface area contributed by atoms with E-state index in [4.69, 9.17) is 26.5 Å². The van der Waals surface area contributed by atoms with E-state index in [9.17, 15) is 9.18 Å². The Morgan fingerprint density at radius 2 is 1.89 bits per heavy atom. The predicted octanol–water partition coefficient (Wildman–Crippen LogP) is 6.43. The van der Waals surface area contributed by atoms with E-state index >= 15 is 0 Å². The first kappa shape index (κ1) is 25.7. The highest BCUT2D eigenvalue weighted by Crippen LogP contribution is 2.38. The molecule has 0 unspecified atom stereocenters. The number of halogens is 2. The quantitative estimate of drug-likeness (QED) is 0.344. The predicted molar refractivity (Wildman–Crippen MR) is 149 cm³/mol. The Morgan fingerprint density at radius 1 is 1.13 bits per heavy atom. The summed E-state index contributed by atoms with van der Waals surface area (Å²) >= 11 is 7.76. The van der Waals surface area contributed by atoms with Crippen molar-refractivity contribution in [2.75, 3.05) is 6.61 Å². The number of amidine groups is 2. The number of amides is 1. The van der Waals surface area contributed by atoms with Crippen LogP contribution in [0.5, 0.6) is 11.5 Å². The molecular weight excluding hydrogens is 527 g/mol. The van der Waals surface area contributed by atoms with Gasteiger partial charge in [0.2, 0.25) is 5.17 Å². The number of fused-ring (bicyclic) bond motifs is 1. The first-order valence-electron chi connectivity index (χ1n) is 11.7. The van der Waals surface area contributed by atoms with Gasteiger partial charge >= 0.3 is 0 Å². The highest BCUT2D eigenvalue weighted by atomic mass is 35.5. The van der Waals surface area contributed by atoms with Gasteiger partial charge < -0.3 is 9.47 Å². The summed E-state index contributed by atoms with van der Waals surface area (Å²) in [5.74, 6) is -0.441. The molecule has 10 heteroatoms. The summed E-state index contributed by atoms with van der Waals surface area (Å²) in [4.78, 5) is 17.0. The lowest BCUT2D eigenvalue weighted by atomic mass is 10.1. The minimum Gasteiger partial charge on any atom is -0.490 e. The number of rotatable bonds is 7. The molecule has 0 aromatic heterocycles. The fourth-order valence-corrected chi connectivity index (χ4v) is 4.98. The van der Waals surface area contributed by atoms with Crippen molar-refractivity contribution < 1.29 is 18.7 Å². The summed E-state index contributed by atoms with van der Waals surface area (Å²) in [6.45, 7) is 4.10. The Bertz CT molecular complexity index is 1540. The van der Waals surface area contributed by atoms with Gasteiger partial charge in [0, 0.05) is 11.1 Å². The number of nitrogens with zero attached hydrogens (tertiary/aromatic N) is 3. The molecule has 2 aliphatic rings. The largest absolute Gasteiger partial charge is 0.490 e. The number of aryl methyl sites for hydroxylation is 1. The molecule has 3 aromatic rings. The van der Waals surface area contributed by atoms with Crippen LogP contribution in [0.3, 0.4) is 0 Å². The summed E-state index contributed by atoms with van der Waals surface area (Å²) in [6, 6.07) is 17.4. The van der Waals surface area contributed by atoms with E-state index in [0.29, 0.717) is 33.7 Å². The van der Waals surface area contributed by atoms with Gasteiger partial charge in [0.05, 0.1) is 17.2 Å². The highest BCUT2D eigenvalue weighted by Gasteiger charge is 2.36. The number of ether oxygens (including phenoxy) is 2. The van der Waals surface area contributed by atoms with Crippen LogP contribution in [0.4, 0.5) is 4.39 Å². The van der Waals surface area contributed by atoms with Crippen LogP contribution >= 0.6 is 23.4 Å². The Labute approximate surface area is 228 Å². The van der Waals surface area contributed by atoms with E-state index in [0.717, 1.165) is 11.1 Å². The monoisotopic (exact) mass is 548 g/mol. The fraction of sp³-hybridized carbons (Fsp3) is 0.143. The number of benzene rings is 3. The molecule has 38 heavy (non-hydrogen) atoms. The molecule has 5 rings (SSSR count). The standard InChI is InChI=1S/C28H22ClFN4O3S/c1-3-36-23-14-17(13-21(29)24(23)37-15-19-6-4-5-7-22(19)30)12-20-25(31)34-28(32-26(20)35)38-27(33-34)18-10-8-16(2)9-11-18/h4-14,31H,3,15H2,1-2H3/b20-12+,31-25?. The SMILES string of the molecule is CCOc1cc(/C=C2\C(=N)N3N=C(c4ccc(C)cc4)SC3=NC2=O)cc(Cl)c1OCc1ccccc1F. The molecule has 1 N–H and O–H groups in total. The van der Waals surface area contributed by atoms with E-state index in [2.05, 4.69) is 10.1 Å². The van der Waals surface area contributed by atoms with Crippen molar-refractivity contribution in [3.63, 3.8) is 0 Å². The van der Waals surface area contributed by atoms with Crippen LogP contribution in [0, 0.1) is 18.2 Å². The second-order valence-corrected chi connectivity index (χ2v) is 9.80. The van der Waals surface area contributed by atoms with Crippen LogP contribution in [0.25, 0.3) is 6.08 Å². The van der Waals surface area contributed by atoms with Crippen molar-refractivity contribution >= 4 is 51.4 Å². The average Bonchev–Trinajstić information content (AvgIpc) is 3.32. The van der Waals surface area contributed by atoms with Crippen LogP contribution in [-0.4, -0.2) is 33.6 Å². The number of hydrogen-bond donors (Lipinski definition) is 1. The maximum absolute atomic E-state index is 14.0. The van der Waals surface area contributed by atoms with E-state index in [-0.39, 0.29) is 34.6 Å². The molecule has 0 saturated heterocycles. The Morgan fingerprint density at radius 3 is 2.63 bits per heavy atom. The Hall–Kier alpha value is -3.95. The highest BCUT2D eigenvalue weighted by molar-refractivity contribution is 8.27. The van der Waals surface area contributed by atoms with Gasteiger partial charge in [-0.3, -0.25) is 10.2 Å². The Kier molecular flexibility index (Phi) is 7.31. The minimum atomic E-state index is -0.553. The molecule has 2 aliphatic heterocycles. The lowest BCUT2D eigenvalue weighted by Gasteiger charge is -2.20. The molecule has 0 saturated carbocycles. The minimum absolute atomic E-state index is 0.0402. The average molecular weight is 549 g/mol. The van der Waals surface area contributed by atoms with Crippen molar-refractivity contribution in [3.8, 4) is 11.5 Å². The summed E-state index contributed by atoms with van der Waals surface area (Å²) in [5, 5.41) is 15.7. The lowest BCUT2D eigenvalue weighted by Crippen LogP contribution is -2.35.